The Hall–Kier alpha value is -1.26. The normalized spacial score (nSPS) is 45.8. The molecule has 7 fully saturated rings. The van der Waals surface area contributed by atoms with Crippen molar-refractivity contribution in [2.24, 2.45) is 45.3 Å². The monoisotopic (exact) mass is 677 g/mol. The Morgan fingerprint density at radius 3 is 2.35 bits per heavy atom. The highest BCUT2D eigenvalue weighted by molar-refractivity contribution is 5.72. The minimum absolute atomic E-state index is 0. The molecule has 0 radical (unpaired) electrons. The number of hydrogen-bond donors (Lipinski definition) is 2. The lowest BCUT2D eigenvalue weighted by Gasteiger charge is -2.60. The van der Waals surface area contributed by atoms with E-state index in [9.17, 15) is 19.8 Å². The zero-order valence-corrected chi connectivity index (χ0v) is 31.3. The van der Waals surface area contributed by atoms with Gasteiger partial charge in [0.15, 0.2) is 12.4 Å². The lowest BCUT2D eigenvalue weighted by atomic mass is 9.46. The average Bonchev–Trinajstić information content (AvgIpc) is 3.61. The summed E-state index contributed by atoms with van der Waals surface area (Å²) < 4.78 is 25.3. The van der Waals surface area contributed by atoms with E-state index in [1.165, 1.54) is 45.4 Å². The molecule has 0 aromatic rings. The summed E-state index contributed by atoms with van der Waals surface area (Å²) in [7, 11) is 0. The van der Waals surface area contributed by atoms with Crippen molar-refractivity contribution in [3.05, 3.63) is 0 Å². The van der Waals surface area contributed by atoms with Crippen LogP contribution >= 0.6 is 0 Å². The predicted molar refractivity (Wildman–Crippen MR) is 184 cm³/mol. The van der Waals surface area contributed by atoms with Crippen LogP contribution in [0.3, 0.4) is 0 Å². The molecule has 2 heterocycles. The van der Waals surface area contributed by atoms with Crippen LogP contribution in [0.15, 0.2) is 0 Å². The van der Waals surface area contributed by atoms with Crippen LogP contribution in [0.25, 0.3) is 0 Å². The number of carboxylic acids is 1. The number of nitrogens with zero attached hydrogens (tertiary/aromatic N) is 1. The molecule has 13 atom stereocenters. The first-order chi connectivity index (χ1) is 22.5. The molecule has 7 rings (SSSR count). The summed E-state index contributed by atoms with van der Waals surface area (Å²) in [5, 5.41) is 20.4. The second-order valence-electron chi connectivity index (χ2n) is 17.9. The molecule has 0 amide bonds. The van der Waals surface area contributed by atoms with Crippen LogP contribution in [-0.2, 0) is 28.5 Å². The topological polar surface area (TPSA) is 115 Å². The molecule has 0 bridgehead atoms. The van der Waals surface area contributed by atoms with Gasteiger partial charge in [-0.2, -0.15) is 0 Å². The molecule has 9 nitrogen and oxygen atoms in total. The molecule has 5 aliphatic carbocycles. The maximum Gasteiger partial charge on any atom is 0.320 e. The number of carboxylic acid groups (broad SMARTS) is 1. The zero-order valence-electron chi connectivity index (χ0n) is 31.3. The Kier molecular flexibility index (Phi) is 9.70. The highest BCUT2D eigenvalue weighted by Gasteiger charge is 2.80. The summed E-state index contributed by atoms with van der Waals surface area (Å²) in [5.74, 6) is 1.37. The highest BCUT2D eigenvalue weighted by atomic mass is 16.7. The van der Waals surface area contributed by atoms with Crippen molar-refractivity contribution >= 4 is 11.9 Å². The molecular formula is C39H67NO8. The van der Waals surface area contributed by atoms with Crippen LogP contribution in [0.2, 0.25) is 0 Å². The van der Waals surface area contributed by atoms with Gasteiger partial charge in [0.05, 0.1) is 37.1 Å². The standard InChI is InChI=1S/C37H59NO8.C2H6.H2/c1-21(32(40)41)38-16-17-43-30(19-38)46-29-12-13-37-20-36(37)15-14-35(7)24-8-10-26(31(34(5,6)42)44-22(2)39)45-27(24)18-25(35)23(36)9-11-28(37)33(29,3)4;1-2;/h21,23-31,42H,8-20H2,1-7H3,(H,40,41);1-2H3;1H/t21?,23?,24?,25?,26?,27?,28?,29-,30?,31-,35?,36-,37+;;/m0../s1. The van der Waals surface area contributed by atoms with Gasteiger partial charge in [-0.25, -0.2) is 0 Å². The number of aliphatic carboxylic acids is 1. The summed E-state index contributed by atoms with van der Waals surface area (Å²) in [5.41, 5.74) is -0.0225. The summed E-state index contributed by atoms with van der Waals surface area (Å²) >= 11 is 0. The lowest BCUT2D eigenvalue weighted by molar-refractivity contribution is -0.247. The molecule has 0 aromatic heterocycles. The summed E-state index contributed by atoms with van der Waals surface area (Å²) in [4.78, 5) is 25.5. The van der Waals surface area contributed by atoms with E-state index in [0.717, 1.165) is 31.6 Å². The first kappa shape index (κ1) is 36.5. The molecule has 2 spiro atoms. The van der Waals surface area contributed by atoms with E-state index >= 15 is 0 Å². The van der Waals surface area contributed by atoms with E-state index in [1.807, 2.05) is 18.7 Å². The number of hydrogen-bond acceptors (Lipinski definition) is 8. The fourth-order valence-electron chi connectivity index (χ4n) is 13.0. The van der Waals surface area contributed by atoms with Gasteiger partial charge in [-0.1, -0.05) is 34.6 Å². The first-order valence-corrected chi connectivity index (χ1v) is 19.3. The van der Waals surface area contributed by atoms with Crippen LogP contribution in [-0.4, -0.2) is 89.1 Å². The Morgan fingerprint density at radius 2 is 1.69 bits per heavy atom. The van der Waals surface area contributed by atoms with Crippen LogP contribution in [0.4, 0.5) is 0 Å². The lowest BCUT2D eigenvalue weighted by Crippen LogP contribution is -2.57. The van der Waals surface area contributed by atoms with Crippen molar-refractivity contribution in [3.8, 4) is 0 Å². The maximum atomic E-state index is 11.9. The summed E-state index contributed by atoms with van der Waals surface area (Å²) in [6.45, 7) is 19.7. The third-order valence-corrected chi connectivity index (χ3v) is 15.2. The second kappa shape index (κ2) is 12.8. The van der Waals surface area contributed by atoms with Gasteiger partial charge in [0.2, 0.25) is 0 Å². The Morgan fingerprint density at radius 1 is 0.979 bits per heavy atom. The van der Waals surface area contributed by atoms with E-state index in [0.29, 0.717) is 48.3 Å². The van der Waals surface area contributed by atoms with Crippen molar-refractivity contribution in [1.82, 2.24) is 4.90 Å². The van der Waals surface area contributed by atoms with Gasteiger partial charge in [0.1, 0.15) is 6.04 Å². The van der Waals surface area contributed by atoms with Crippen molar-refractivity contribution in [3.63, 3.8) is 0 Å². The largest absolute Gasteiger partial charge is 0.480 e. The minimum Gasteiger partial charge on any atom is -0.480 e. The van der Waals surface area contributed by atoms with Gasteiger partial charge < -0.3 is 29.2 Å². The van der Waals surface area contributed by atoms with Gasteiger partial charge in [0.25, 0.3) is 0 Å². The van der Waals surface area contributed by atoms with Crippen LogP contribution in [0, 0.1) is 45.3 Å². The molecule has 7 aliphatic rings. The van der Waals surface area contributed by atoms with Crippen LogP contribution in [0.1, 0.15) is 128 Å². The van der Waals surface area contributed by atoms with Crippen molar-refractivity contribution < 1.29 is 40.2 Å². The number of ether oxygens (including phenoxy) is 4. The molecule has 2 N–H and O–H groups in total. The Bertz CT molecular complexity index is 1220. The number of carbonyl (C=O) groups is 2. The van der Waals surface area contributed by atoms with E-state index in [1.54, 1.807) is 20.8 Å². The fraction of sp³-hybridized carbons (Fsp3) is 0.949. The third kappa shape index (κ3) is 5.68. The number of rotatable bonds is 7. The molecule has 0 aromatic carbocycles. The van der Waals surface area contributed by atoms with Gasteiger partial charge in [0, 0.05) is 14.9 Å². The number of fused-ring (bicyclic) bond motifs is 4. The zero-order chi connectivity index (χ0) is 35.0. The Labute approximate surface area is 290 Å². The number of carbonyl (C=O) groups excluding carboxylic acids is 1. The highest BCUT2D eigenvalue weighted by Crippen LogP contribution is 2.87. The maximum absolute atomic E-state index is 11.9. The van der Waals surface area contributed by atoms with Gasteiger partial charge >= 0.3 is 11.9 Å². The summed E-state index contributed by atoms with van der Waals surface area (Å²) in [6, 6.07) is -0.538. The van der Waals surface area contributed by atoms with Crippen LogP contribution in [0.5, 0.6) is 0 Å². The van der Waals surface area contributed by atoms with E-state index in [2.05, 4.69) is 20.8 Å². The molecule has 2 saturated heterocycles. The fourth-order valence-corrected chi connectivity index (χ4v) is 13.0. The second-order valence-corrected chi connectivity index (χ2v) is 17.9. The quantitative estimate of drug-likeness (QED) is 0.285. The molecule has 9 heteroatoms. The predicted octanol–water partition coefficient (Wildman–Crippen LogP) is 6.68. The van der Waals surface area contributed by atoms with Crippen molar-refractivity contribution in [1.29, 1.82) is 0 Å². The smallest absolute Gasteiger partial charge is 0.320 e. The van der Waals surface area contributed by atoms with E-state index < -0.39 is 23.7 Å². The average molecular weight is 678 g/mol. The SMILES string of the molecule is CC.CC(=O)O[C@@H](C1CCC2C(CC3C4CCC5C(C)(C)[C@@H](OC6CN(C(C)C(=O)O)CCO6)CC[C@@]56C[C@@]46CCC23C)O1)C(C)(C)O.[HH]. The minimum atomic E-state index is -1.16. The van der Waals surface area contributed by atoms with Gasteiger partial charge in [-0.15, -0.1) is 0 Å². The van der Waals surface area contributed by atoms with Gasteiger partial charge in [-0.3, -0.25) is 14.5 Å². The molecule has 2 aliphatic heterocycles. The van der Waals surface area contributed by atoms with Crippen LogP contribution < -0.4 is 0 Å². The number of esters is 1. The number of morpholine rings is 1. The van der Waals surface area contributed by atoms with Gasteiger partial charge in [-0.05, 0) is 130 Å². The summed E-state index contributed by atoms with van der Waals surface area (Å²) in [6.07, 6.45) is 10.7. The molecule has 5 saturated carbocycles. The number of aliphatic hydroxyl groups is 1. The Balaban J connectivity index is 0.00000153. The first-order valence-electron chi connectivity index (χ1n) is 19.3. The van der Waals surface area contributed by atoms with E-state index in [4.69, 9.17) is 18.9 Å². The van der Waals surface area contributed by atoms with Crippen molar-refractivity contribution in [2.75, 3.05) is 19.7 Å². The van der Waals surface area contributed by atoms with Crippen molar-refractivity contribution in [2.45, 2.75) is 169 Å². The molecular weight excluding hydrogens is 610 g/mol. The molecule has 9 unspecified atom stereocenters. The third-order valence-electron chi connectivity index (χ3n) is 15.2. The molecule has 276 valence electrons. The van der Waals surface area contributed by atoms with E-state index in [-0.39, 0.29) is 42.8 Å². The molecule has 48 heavy (non-hydrogen) atoms.